The van der Waals surface area contributed by atoms with Crippen LogP contribution in [0.1, 0.15) is 20.7 Å². The molecule has 0 saturated heterocycles. The summed E-state index contributed by atoms with van der Waals surface area (Å²) in [5.41, 5.74) is 1.20. The summed E-state index contributed by atoms with van der Waals surface area (Å²) in [4.78, 5) is 34.1. The number of carbonyl (C=O) groups excluding carboxylic acids is 1. The van der Waals surface area contributed by atoms with Gasteiger partial charge >= 0.3 is 11.9 Å². The second-order valence-corrected chi connectivity index (χ2v) is 4.18. The summed E-state index contributed by atoms with van der Waals surface area (Å²) in [7, 11) is 0. The van der Waals surface area contributed by atoms with E-state index in [4.69, 9.17) is 10.2 Å². The van der Waals surface area contributed by atoms with Gasteiger partial charge in [0.2, 0.25) is 6.41 Å². The Labute approximate surface area is 119 Å². The zero-order chi connectivity index (χ0) is 15.4. The second kappa shape index (κ2) is 5.87. The molecule has 21 heavy (non-hydrogen) atoms. The van der Waals surface area contributed by atoms with Gasteiger partial charge in [-0.2, -0.15) is 0 Å². The van der Waals surface area contributed by atoms with Crippen molar-refractivity contribution in [1.82, 2.24) is 0 Å². The molecule has 6 heteroatoms. The van der Waals surface area contributed by atoms with Crippen LogP contribution in [-0.4, -0.2) is 28.6 Å². The summed E-state index contributed by atoms with van der Waals surface area (Å²) in [6.07, 6.45) is 0.575. The number of hydrogen-bond donors (Lipinski definition) is 2. The molecule has 0 aliphatic carbocycles. The number of aromatic carboxylic acids is 2. The highest BCUT2D eigenvalue weighted by Gasteiger charge is 2.11. The Bertz CT molecular complexity index is 619. The minimum absolute atomic E-state index is 0.117. The van der Waals surface area contributed by atoms with Crippen molar-refractivity contribution in [3.8, 4) is 0 Å². The number of carboxylic acid groups (broad SMARTS) is 2. The van der Waals surface area contributed by atoms with Crippen LogP contribution in [0.2, 0.25) is 0 Å². The predicted octanol–water partition coefficient (Wildman–Crippen LogP) is 2.38. The molecule has 0 atom stereocenters. The smallest absolute Gasteiger partial charge is 0.335 e. The lowest BCUT2D eigenvalue weighted by Gasteiger charge is -2.17. The van der Waals surface area contributed by atoms with Gasteiger partial charge in [0.1, 0.15) is 0 Å². The van der Waals surface area contributed by atoms with E-state index in [2.05, 4.69) is 0 Å². The van der Waals surface area contributed by atoms with Gasteiger partial charge < -0.3 is 10.2 Å². The van der Waals surface area contributed by atoms with Crippen molar-refractivity contribution >= 4 is 29.7 Å². The van der Waals surface area contributed by atoms with Crippen LogP contribution in [0.15, 0.2) is 48.5 Å². The van der Waals surface area contributed by atoms with Crippen molar-refractivity contribution in [2.24, 2.45) is 0 Å². The largest absolute Gasteiger partial charge is 0.478 e. The molecule has 2 aromatic rings. The Morgan fingerprint density at radius 2 is 1.10 bits per heavy atom. The van der Waals surface area contributed by atoms with E-state index in [1.807, 2.05) is 0 Å². The third-order valence-electron chi connectivity index (χ3n) is 2.89. The van der Waals surface area contributed by atoms with Crippen molar-refractivity contribution in [2.45, 2.75) is 0 Å². The van der Waals surface area contributed by atoms with Gasteiger partial charge in [-0.15, -0.1) is 0 Å². The van der Waals surface area contributed by atoms with Gasteiger partial charge in [-0.1, -0.05) is 0 Å². The van der Waals surface area contributed by atoms with Crippen LogP contribution >= 0.6 is 0 Å². The molecule has 2 rings (SSSR count). The maximum absolute atomic E-state index is 11.2. The average molecular weight is 285 g/mol. The van der Waals surface area contributed by atoms with E-state index < -0.39 is 11.9 Å². The van der Waals surface area contributed by atoms with Crippen molar-refractivity contribution in [1.29, 1.82) is 0 Å². The average Bonchev–Trinajstić information content (AvgIpc) is 2.49. The number of nitrogens with zero attached hydrogens (tertiary/aromatic N) is 1. The maximum atomic E-state index is 11.2. The Morgan fingerprint density at radius 3 is 1.33 bits per heavy atom. The standard InChI is InChI=1S/C15H11NO5/c17-9-16(12-5-1-10(2-6-12)14(18)19)13-7-3-11(4-8-13)15(20)21/h1-9H,(H,18,19)(H,20,21). The Hall–Kier alpha value is -3.15. The van der Waals surface area contributed by atoms with Gasteiger partial charge in [0.15, 0.2) is 0 Å². The molecule has 0 saturated carbocycles. The lowest BCUT2D eigenvalue weighted by molar-refractivity contribution is -0.106. The van der Waals surface area contributed by atoms with E-state index in [-0.39, 0.29) is 11.1 Å². The molecule has 1 amide bonds. The molecular formula is C15H11NO5. The SMILES string of the molecule is O=CN(c1ccc(C(=O)O)cc1)c1ccc(C(=O)O)cc1. The fourth-order valence-corrected chi connectivity index (χ4v) is 1.80. The Morgan fingerprint density at radius 1 is 0.762 bits per heavy atom. The summed E-state index contributed by atoms with van der Waals surface area (Å²) in [6, 6.07) is 11.6. The van der Waals surface area contributed by atoms with E-state index in [1.165, 1.54) is 53.4 Å². The highest BCUT2D eigenvalue weighted by molar-refractivity contribution is 5.92. The Balaban J connectivity index is 2.32. The van der Waals surface area contributed by atoms with Crippen LogP contribution in [0.5, 0.6) is 0 Å². The van der Waals surface area contributed by atoms with Crippen molar-refractivity contribution in [3.05, 3.63) is 59.7 Å². The first-order chi connectivity index (χ1) is 10.0. The van der Waals surface area contributed by atoms with Crippen LogP contribution < -0.4 is 4.90 Å². The lowest BCUT2D eigenvalue weighted by Crippen LogP contribution is -2.14. The highest BCUT2D eigenvalue weighted by Crippen LogP contribution is 2.24. The van der Waals surface area contributed by atoms with Crippen molar-refractivity contribution < 1.29 is 24.6 Å². The zero-order valence-corrected chi connectivity index (χ0v) is 10.8. The normalized spacial score (nSPS) is 9.90. The maximum Gasteiger partial charge on any atom is 0.335 e. The van der Waals surface area contributed by atoms with Gasteiger partial charge in [0.25, 0.3) is 0 Å². The quantitative estimate of drug-likeness (QED) is 0.822. The molecule has 0 radical (unpaired) electrons. The number of amides is 1. The van der Waals surface area contributed by atoms with Gasteiger partial charge in [-0.3, -0.25) is 9.69 Å². The first-order valence-electron chi connectivity index (χ1n) is 5.94. The summed E-state index contributed by atoms with van der Waals surface area (Å²) >= 11 is 0. The molecule has 0 aliphatic rings. The van der Waals surface area contributed by atoms with Crippen LogP contribution in [0.25, 0.3) is 0 Å². The number of anilines is 2. The summed E-state index contributed by atoms with van der Waals surface area (Å²) in [5, 5.41) is 17.7. The van der Waals surface area contributed by atoms with Gasteiger partial charge in [0, 0.05) is 11.4 Å². The van der Waals surface area contributed by atoms with E-state index in [0.717, 1.165) is 0 Å². The molecule has 0 spiro atoms. The van der Waals surface area contributed by atoms with Crippen molar-refractivity contribution in [3.63, 3.8) is 0 Å². The third kappa shape index (κ3) is 3.06. The number of rotatable bonds is 5. The summed E-state index contributed by atoms with van der Waals surface area (Å²) in [6.45, 7) is 0. The summed E-state index contributed by atoms with van der Waals surface area (Å²) in [5.74, 6) is -2.10. The number of benzene rings is 2. The fourth-order valence-electron chi connectivity index (χ4n) is 1.80. The van der Waals surface area contributed by atoms with Crippen LogP contribution in [0.3, 0.4) is 0 Å². The van der Waals surface area contributed by atoms with E-state index in [0.29, 0.717) is 17.8 Å². The third-order valence-corrected chi connectivity index (χ3v) is 2.89. The minimum Gasteiger partial charge on any atom is -0.478 e. The molecule has 0 aliphatic heterocycles. The Kier molecular flexibility index (Phi) is 3.99. The van der Waals surface area contributed by atoms with Crippen LogP contribution in [0, 0.1) is 0 Å². The molecular weight excluding hydrogens is 274 g/mol. The van der Waals surface area contributed by atoms with Crippen molar-refractivity contribution in [2.75, 3.05) is 4.90 Å². The molecule has 0 bridgehead atoms. The molecule has 2 aromatic carbocycles. The van der Waals surface area contributed by atoms with E-state index >= 15 is 0 Å². The monoisotopic (exact) mass is 285 g/mol. The molecule has 106 valence electrons. The summed E-state index contributed by atoms with van der Waals surface area (Å²) < 4.78 is 0. The van der Waals surface area contributed by atoms with Crippen LogP contribution in [0.4, 0.5) is 11.4 Å². The van der Waals surface area contributed by atoms with E-state index in [1.54, 1.807) is 0 Å². The highest BCUT2D eigenvalue weighted by atomic mass is 16.4. The first-order valence-corrected chi connectivity index (χ1v) is 5.94. The van der Waals surface area contributed by atoms with E-state index in [9.17, 15) is 14.4 Å². The molecule has 0 aromatic heterocycles. The molecule has 6 nitrogen and oxygen atoms in total. The van der Waals surface area contributed by atoms with Gasteiger partial charge in [-0.25, -0.2) is 9.59 Å². The molecule has 0 unspecified atom stereocenters. The van der Waals surface area contributed by atoms with Gasteiger partial charge in [-0.05, 0) is 48.5 Å². The first kappa shape index (κ1) is 14.3. The molecule has 0 fully saturated rings. The molecule has 2 N–H and O–H groups in total. The minimum atomic E-state index is -1.05. The number of carbonyl (C=O) groups is 3. The second-order valence-electron chi connectivity index (χ2n) is 4.18. The molecule has 0 heterocycles. The predicted molar refractivity (Wildman–Crippen MR) is 75.0 cm³/mol. The zero-order valence-electron chi connectivity index (χ0n) is 10.8. The van der Waals surface area contributed by atoms with Gasteiger partial charge in [0.05, 0.1) is 11.1 Å². The topological polar surface area (TPSA) is 94.9 Å². The number of hydrogen-bond acceptors (Lipinski definition) is 3. The number of carboxylic acids is 2. The van der Waals surface area contributed by atoms with Crippen LogP contribution in [-0.2, 0) is 4.79 Å². The lowest BCUT2D eigenvalue weighted by atomic mass is 10.1. The fraction of sp³-hybridized carbons (Fsp3) is 0.